The Morgan fingerprint density at radius 1 is 1.50 bits per heavy atom. The zero-order chi connectivity index (χ0) is 13.5. The van der Waals surface area contributed by atoms with E-state index in [1.807, 2.05) is 0 Å². The first-order valence-corrected chi connectivity index (χ1v) is 5.38. The highest BCUT2D eigenvalue weighted by Gasteiger charge is 2.16. The van der Waals surface area contributed by atoms with E-state index in [4.69, 9.17) is 9.84 Å². The summed E-state index contributed by atoms with van der Waals surface area (Å²) < 4.78 is 5.25. The third-order valence-electron chi connectivity index (χ3n) is 2.21. The Kier molecular flexibility index (Phi) is 5.06. The Morgan fingerprint density at radius 3 is 2.56 bits per heavy atom. The maximum Gasteiger partial charge on any atom is 0.324 e. The first kappa shape index (κ1) is 13.9. The van der Waals surface area contributed by atoms with Gasteiger partial charge in [-0.1, -0.05) is 6.92 Å². The number of carbonyl (C=O) groups is 1. The van der Waals surface area contributed by atoms with Crippen LogP contribution in [-0.2, 0) is 4.79 Å². The van der Waals surface area contributed by atoms with Gasteiger partial charge in [-0.15, -0.1) is 0 Å². The highest BCUT2D eigenvalue weighted by Crippen LogP contribution is 2.17. The summed E-state index contributed by atoms with van der Waals surface area (Å²) >= 11 is 0. The lowest BCUT2D eigenvalue weighted by atomic mass is 10.3. The molecule has 0 aliphatic heterocycles. The molecule has 0 bridgehead atoms. The Hall–Kier alpha value is -2.15. The standard InChI is InChI=1S/C11H14N2O5/c1-2-12-10(11(14)15)7-18-9-5-3-8(4-6-9)13(16)17/h3-6,10,12H,2,7H2,1H3,(H,14,15). The first-order valence-electron chi connectivity index (χ1n) is 5.38. The summed E-state index contributed by atoms with van der Waals surface area (Å²) in [5, 5.41) is 22.0. The molecule has 7 nitrogen and oxygen atoms in total. The highest BCUT2D eigenvalue weighted by molar-refractivity contribution is 5.73. The number of likely N-dealkylation sites (N-methyl/N-ethyl adjacent to an activating group) is 1. The molecule has 7 heteroatoms. The molecule has 0 heterocycles. The van der Waals surface area contributed by atoms with Crippen molar-refractivity contribution in [2.75, 3.05) is 13.2 Å². The zero-order valence-electron chi connectivity index (χ0n) is 9.83. The summed E-state index contributed by atoms with van der Waals surface area (Å²) in [5.74, 6) is -0.608. The van der Waals surface area contributed by atoms with E-state index in [2.05, 4.69) is 5.32 Å². The van der Waals surface area contributed by atoms with Crippen LogP contribution < -0.4 is 10.1 Å². The number of nitrogens with zero attached hydrogens (tertiary/aromatic N) is 1. The number of rotatable bonds is 7. The number of carboxylic acid groups (broad SMARTS) is 1. The number of non-ortho nitro benzene ring substituents is 1. The van der Waals surface area contributed by atoms with Crippen LogP contribution in [0.25, 0.3) is 0 Å². The van der Waals surface area contributed by atoms with Crippen molar-refractivity contribution in [3.05, 3.63) is 34.4 Å². The van der Waals surface area contributed by atoms with Gasteiger partial charge in [0.1, 0.15) is 18.4 Å². The van der Waals surface area contributed by atoms with E-state index in [0.717, 1.165) is 0 Å². The average molecular weight is 254 g/mol. The lowest BCUT2D eigenvalue weighted by molar-refractivity contribution is -0.384. The normalized spacial score (nSPS) is 11.8. The van der Waals surface area contributed by atoms with Crippen LogP contribution in [0.3, 0.4) is 0 Å². The molecule has 0 aromatic heterocycles. The number of nitrogens with one attached hydrogen (secondary N) is 1. The second-order valence-electron chi connectivity index (χ2n) is 3.51. The van der Waals surface area contributed by atoms with Gasteiger partial charge in [-0.2, -0.15) is 0 Å². The van der Waals surface area contributed by atoms with Crippen molar-refractivity contribution in [2.24, 2.45) is 0 Å². The molecule has 0 spiro atoms. The van der Waals surface area contributed by atoms with Gasteiger partial charge in [0, 0.05) is 12.1 Å². The van der Waals surface area contributed by atoms with Gasteiger partial charge in [-0.25, -0.2) is 0 Å². The third-order valence-corrected chi connectivity index (χ3v) is 2.21. The molecular formula is C11H14N2O5. The summed E-state index contributed by atoms with van der Waals surface area (Å²) in [4.78, 5) is 20.7. The minimum Gasteiger partial charge on any atom is -0.491 e. The maximum absolute atomic E-state index is 10.8. The van der Waals surface area contributed by atoms with Crippen molar-refractivity contribution >= 4 is 11.7 Å². The third kappa shape index (κ3) is 4.02. The van der Waals surface area contributed by atoms with E-state index >= 15 is 0 Å². The van der Waals surface area contributed by atoms with Gasteiger partial charge in [-0.3, -0.25) is 14.9 Å². The van der Waals surface area contributed by atoms with Crippen LogP contribution in [0.1, 0.15) is 6.92 Å². The van der Waals surface area contributed by atoms with Gasteiger partial charge < -0.3 is 15.2 Å². The molecule has 1 aromatic carbocycles. The minimum atomic E-state index is -1.00. The van der Waals surface area contributed by atoms with Crippen LogP contribution in [0.5, 0.6) is 5.75 Å². The maximum atomic E-state index is 10.8. The second-order valence-corrected chi connectivity index (χ2v) is 3.51. The predicted molar refractivity (Wildman–Crippen MR) is 63.7 cm³/mol. The number of nitro benzene ring substituents is 1. The van der Waals surface area contributed by atoms with Gasteiger partial charge in [0.05, 0.1) is 4.92 Å². The van der Waals surface area contributed by atoms with Gasteiger partial charge >= 0.3 is 5.97 Å². The van der Waals surface area contributed by atoms with E-state index in [9.17, 15) is 14.9 Å². The molecule has 1 rings (SSSR count). The van der Waals surface area contributed by atoms with Crippen molar-refractivity contribution in [1.82, 2.24) is 5.32 Å². The molecule has 0 aliphatic carbocycles. The minimum absolute atomic E-state index is 0.0381. The molecular weight excluding hydrogens is 240 g/mol. The molecule has 1 atom stereocenters. The zero-order valence-corrected chi connectivity index (χ0v) is 9.83. The van der Waals surface area contributed by atoms with Crippen LogP contribution in [0.4, 0.5) is 5.69 Å². The molecule has 0 amide bonds. The fourth-order valence-corrected chi connectivity index (χ4v) is 1.31. The monoisotopic (exact) mass is 254 g/mol. The summed E-state index contributed by atoms with van der Waals surface area (Å²) in [5.41, 5.74) is -0.0381. The van der Waals surface area contributed by atoms with Crippen molar-refractivity contribution in [2.45, 2.75) is 13.0 Å². The molecule has 1 aromatic rings. The fraction of sp³-hybridized carbons (Fsp3) is 0.364. The van der Waals surface area contributed by atoms with E-state index < -0.39 is 16.9 Å². The molecule has 0 fully saturated rings. The van der Waals surface area contributed by atoms with Crippen molar-refractivity contribution < 1.29 is 19.6 Å². The molecule has 0 aliphatic rings. The summed E-state index contributed by atoms with van der Waals surface area (Å²) in [7, 11) is 0. The van der Waals surface area contributed by atoms with Gasteiger partial charge in [0.2, 0.25) is 0 Å². The molecule has 0 radical (unpaired) electrons. The quantitative estimate of drug-likeness (QED) is 0.556. The highest BCUT2D eigenvalue weighted by atomic mass is 16.6. The van der Waals surface area contributed by atoms with Crippen molar-refractivity contribution in [1.29, 1.82) is 0 Å². The summed E-state index contributed by atoms with van der Waals surface area (Å²) in [6.07, 6.45) is 0. The molecule has 1 unspecified atom stereocenters. The number of hydrogen-bond donors (Lipinski definition) is 2. The first-order chi connectivity index (χ1) is 8.54. The SMILES string of the molecule is CCNC(COc1ccc([N+](=O)[O-])cc1)C(=O)O. The van der Waals surface area contributed by atoms with E-state index in [1.165, 1.54) is 24.3 Å². The lowest BCUT2D eigenvalue weighted by Crippen LogP contribution is -2.41. The predicted octanol–water partition coefficient (Wildman–Crippen LogP) is 1.04. The van der Waals surface area contributed by atoms with Crippen LogP contribution in [-0.4, -0.2) is 35.2 Å². The van der Waals surface area contributed by atoms with Crippen LogP contribution in [0, 0.1) is 10.1 Å². The number of aliphatic carboxylic acids is 1. The number of nitro groups is 1. The van der Waals surface area contributed by atoms with Crippen molar-refractivity contribution in [3.8, 4) is 5.75 Å². The fourth-order valence-electron chi connectivity index (χ4n) is 1.31. The Balaban J connectivity index is 2.56. The van der Waals surface area contributed by atoms with E-state index in [0.29, 0.717) is 12.3 Å². The molecule has 0 saturated carbocycles. The van der Waals surface area contributed by atoms with E-state index in [1.54, 1.807) is 6.92 Å². The number of benzene rings is 1. The number of hydrogen-bond acceptors (Lipinski definition) is 5. The number of carboxylic acids is 1. The Morgan fingerprint density at radius 2 is 2.11 bits per heavy atom. The molecule has 18 heavy (non-hydrogen) atoms. The van der Waals surface area contributed by atoms with Crippen molar-refractivity contribution in [3.63, 3.8) is 0 Å². The Labute approximate surface area is 104 Å². The van der Waals surface area contributed by atoms with Crippen LogP contribution in [0.2, 0.25) is 0 Å². The van der Waals surface area contributed by atoms with Gasteiger partial charge in [0.15, 0.2) is 0 Å². The number of ether oxygens (including phenoxy) is 1. The smallest absolute Gasteiger partial charge is 0.324 e. The molecule has 0 saturated heterocycles. The van der Waals surface area contributed by atoms with Gasteiger partial charge in [-0.05, 0) is 18.7 Å². The van der Waals surface area contributed by atoms with E-state index in [-0.39, 0.29) is 12.3 Å². The largest absolute Gasteiger partial charge is 0.491 e. The Bertz CT molecular complexity index is 418. The van der Waals surface area contributed by atoms with Gasteiger partial charge in [0.25, 0.3) is 5.69 Å². The van der Waals surface area contributed by atoms with Crippen LogP contribution >= 0.6 is 0 Å². The molecule has 2 N–H and O–H groups in total. The summed E-state index contributed by atoms with van der Waals surface area (Å²) in [6, 6.07) is 4.67. The summed E-state index contributed by atoms with van der Waals surface area (Å²) in [6.45, 7) is 2.27. The van der Waals surface area contributed by atoms with Crippen LogP contribution in [0.15, 0.2) is 24.3 Å². The second kappa shape index (κ2) is 6.55. The topological polar surface area (TPSA) is 102 Å². The average Bonchev–Trinajstić information content (AvgIpc) is 2.34. The lowest BCUT2D eigenvalue weighted by Gasteiger charge is -2.14. The molecule has 98 valence electrons.